The van der Waals surface area contributed by atoms with Crippen LogP contribution < -0.4 is 10.7 Å². The van der Waals surface area contributed by atoms with Crippen molar-refractivity contribution in [3.63, 3.8) is 0 Å². The Morgan fingerprint density at radius 1 is 1.05 bits per heavy atom. The summed E-state index contributed by atoms with van der Waals surface area (Å²) in [5.74, 6) is -2.95. The first-order valence-electron chi connectivity index (χ1n) is 13.7. The molecule has 0 aliphatic carbocycles. The van der Waals surface area contributed by atoms with Gasteiger partial charge in [-0.25, -0.2) is 19.8 Å². The molecule has 2 aromatic carbocycles. The van der Waals surface area contributed by atoms with E-state index >= 15 is 0 Å². The van der Waals surface area contributed by atoms with E-state index in [9.17, 15) is 33.9 Å². The largest absolute Gasteiger partial charge is 0.481 e. The SMILES string of the molecule is C[S+](CC(=O)C(CC(=O)O)NC(=O)C1CCCN2C(=O)CCN(NC(=O)c3ccccc3)C(=O)N12)Cc1ccccc1Cl. The lowest BCUT2D eigenvalue weighted by molar-refractivity contribution is -0.155. The first-order chi connectivity index (χ1) is 20.5. The molecule has 2 aliphatic heterocycles. The smallest absolute Gasteiger partial charge is 0.358 e. The second-order valence-corrected chi connectivity index (χ2v) is 12.8. The normalized spacial score (nSPS) is 18.3. The highest BCUT2D eigenvalue weighted by atomic mass is 35.5. The predicted molar refractivity (Wildman–Crippen MR) is 160 cm³/mol. The molecule has 0 saturated carbocycles. The number of carboxylic acids is 1. The fraction of sp³-hybridized carbons (Fsp3) is 0.379. The quantitative estimate of drug-likeness (QED) is 0.321. The molecule has 43 heavy (non-hydrogen) atoms. The topological polar surface area (TPSA) is 156 Å². The molecule has 0 radical (unpaired) electrons. The lowest BCUT2D eigenvalue weighted by atomic mass is 10.0. The maximum atomic E-state index is 13.6. The van der Waals surface area contributed by atoms with E-state index in [1.807, 2.05) is 18.4 Å². The minimum absolute atomic E-state index is 0.0146. The number of halogens is 1. The highest BCUT2D eigenvalue weighted by Gasteiger charge is 2.45. The van der Waals surface area contributed by atoms with Crippen molar-refractivity contribution in [1.82, 2.24) is 25.8 Å². The molecule has 2 aliphatic rings. The molecule has 0 aromatic heterocycles. The van der Waals surface area contributed by atoms with Crippen LogP contribution in [0.15, 0.2) is 54.6 Å². The fourth-order valence-electron chi connectivity index (χ4n) is 4.96. The van der Waals surface area contributed by atoms with E-state index in [4.69, 9.17) is 11.6 Å². The lowest BCUT2D eigenvalue weighted by Gasteiger charge is -2.43. The Bertz CT molecular complexity index is 1390. The van der Waals surface area contributed by atoms with Crippen molar-refractivity contribution in [3.8, 4) is 0 Å². The molecule has 4 rings (SSSR count). The van der Waals surface area contributed by atoms with Crippen molar-refractivity contribution in [2.24, 2.45) is 0 Å². The van der Waals surface area contributed by atoms with Gasteiger partial charge in [0.1, 0.15) is 17.8 Å². The van der Waals surface area contributed by atoms with Gasteiger partial charge in [-0.15, -0.1) is 0 Å². The Hall–Kier alpha value is -4.10. The number of urea groups is 1. The number of amides is 5. The summed E-state index contributed by atoms with van der Waals surface area (Å²) in [4.78, 5) is 77.8. The average Bonchev–Trinajstić information content (AvgIpc) is 3.10. The maximum Gasteiger partial charge on any atom is 0.358 e. The predicted octanol–water partition coefficient (Wildman–Crippen LogP) is 2.00. The van der Waals surface area contributed by atoms with Crippen LogP contribution in [0.5, 0.6) is 0 Å². The monoisotopic (exact) mass is 630 g/mol. The van der Waals surface area contributed by atoms with E-state index in [-0.39, 0.29) is 31.7 Å². The van der Waals surface area contributed by atoms with Gasteiger partial charge in [-0.3, -0.25) is 29.4 Å². The Morgan fingerprint density at radius 2 is 1.74 bits per heavy atom. The van der Waals surface area contributed by atoms with Gasteiger partial charge in [-0.1, -0.05) is 48.0 Å². The van der Waals surface area contributed by atoms with Crippen molar-refractivity contribution in [2.45, 2.75) is 43.5 Å². The molecule has 0 spiro atoms. The van der Waals surface area contributed by atoms with Crippen LogP contribution in [0.2, 0.25) is 5.02 Å². The highest BCUT2D eigenvalue weighted by Crippen LogP contribution is 2.24. The van der Waals surface area contributed by atoms with Crippen LogP contribution in [0.3, 0.4) is 0 Å². The zero-order valence-corrected chi connectivity index (χ0v) is 25.1. The van der Waals surface area contributed by atoms with Crippen molar-refractivity contribution in [2.75, 3.05) is 25.1 Å². The van der Waals surface area contributed by atoms with Gasteiger partial charge in [0.05, 0.1) is 19.2 Å². The minimum Gasteiger partial charge on any atom is -0.481 e. The van der Waals surface area contributed by atoms with Gasteiger partial charge in [-0.05, 0) is 41.9 Å². The summed E-state index contributed by atoms with van der Waals surface area (Å²) in [5.41, 5.74) is 3.68. The summed E-state index contributed by atoms with van der Waals surface area (Å²) in [6.45, 7) is 0.0783. The third-order valence-electron chi connectivity index (χ3n) is 7.07. The van der Waals surface area contributed by atoms with Crippen LogP contribution in [0.25, 0.3) is 0 Å². The summed E-state index contributed by atoms with van der Waals surface area (Å²) >= 11 is 6.25. The molecule has 2 fully saturated rings. The molecular weight excluding hydrogens is 598 g/mol. The lowest BCUT2D eigenvalue weighted by Crippen LogP contribution is -2.65. The van der Waals surface area contributed by atoms with Crippen molar-refractivity contribution < 1.29 is 33.9 Å². The standard InChI is InChI=1S/C29H32ClN5O7S/c1-43(17-20-10-5-6-11-21(20)30)18-24(36)22(16-26(38)39)31-28(41)23-12-7-14-34-25(37)13-15-33(29(42)35(23)34)32-27(40)19-8-3-2-4-9-19/h2-6,8-11,22-23H,7,12-18H2,1H3,(H2-,31,32,38,39,40,41)/p+1. The van der Waals surface area contributed by atoms with E-state index in [1.165, 1.54) is 5.01 Å². The molecular formula is C29H33ClN5O7S+. The van der Waals surface area contributed by atoms with Crippen LogP contribution in [-0.2, 0) is 35.8 Å². The second-order valence-electron chi connectivity index (χ2n) is 10.3. The molecule has 2 aromatic rings. The first kappa shape index (κ1) is 31.8. The summed E-state index contributed by atoms with van der Waals surface area (Å²) in [6, 6.07) is 12.1. The molecule has 2 saturated heterocycles. The molecule has 3 atom stereocenters. The summed E-state index contributed by atoms with van der Waals surface area (Å²) in [6.07, 6.45) is 1.70. The van der Waals surface area contributed by atoms with Crippen molar-refractivity contribution in [1.29, 1.82) is 0 Å². The number of benzene rings is 2. The summed E-state index contributed by atoms with van der Waals surface area (Å²) in [7, 11) is -0.505. The Morgan fingerprint density at radius 3 is 2.44 bits per heavy atom. The zero-order valence-electron chi connectivity index (χ0n) is 23.5. The summed E-state index contributed by atoms with van der Waals surface area (Å²) < 4.78 is 0. The van der Waals surface area contributed by atoms with Gasteiger partial charge in [0.2, 0.25) is 17.6 Å². The minimum atomic E-state index is -1.34. The molecule has 3 unspecified atom stereocenters. The van der Waals surface area contributed by atoms with Crippen LogP contribution >= 0.6 is 11.6 Å². The van der Waals surface area contributed by atoms with Gasteiger partial charge >= 0.3 is 12.0 Å². The van der Waals surface area contributed by atoms with Crippen LogP contribution in [0.4, 0.5) is 4.79 Å². The Balaban J connectivity index is 1.49. The van der Waals surface area contributed by atoms with E-state index in [0.29, 0.717) is 22.8 Å². The number of carbonyl (C=O) groups is 6. The molecule has 0 bridgehead atoms. The number of aliphatic carboxylic acids is 1. The highest BCUT2D eigenvalue weighted by molar-refractivity contribution is 7.96. The van der Waals surface area contributed by atoms with Crippen molar-refractivity contribution >= 4 is 58.0 Å². The molecule has 14 heteroatoms. The van der Waals surface area contributed by atoms with Crippen LogP contribution in [-0.4, -0.2) is 92.8 Å². The molecule has 228 valence electrons. The zero-order chi connectivity index (χ0) is 31.1. The van der Waals surface area contributed by atoms with E-state index < -0.39 is 64.9 Å². The van der Waals surface area contributed by atoms with E-state index in [0.717, 1.165) is 15.6 Å². The fourth-order valence-corrected chi connectivity index (χ4v) is 6.81. The number of carboxylic acid groups (broad SMARTS) is 1. The number of nitrogens with one attached hydrogen (secondary N) is 2. The third-order valence-corrected chi connectivity index (χ3v) is 9.02. The number of rotatable bonds is 11. The number of ketones is 1. The number of carbonyl (C=O) groups excluding carboxylic acids is 5. The summed E-state index contributed by atoms with van der Waals surface area (Å²) in [5, 5.41) is 15.8. The third kappa shape index (κ3) is 8.05. The van der Waals surface area contributed by atoms with E-state index in [1.54, 1.807) is 42.5 Å². The number of hydrazine groups is 2. The van der Waals surface area contributed by atoms with Gasteiger partial charge in [-0.2, -0.15) is 0 Å². The van der Waals surface area contributed by atoms with Gasteiger partial charge < -0.3 is 10.4 Å². The maximum absolute atomic E-state index is 13.6. The number of nitrogens with zero attached hydrogens (tertiary/aromatic N) is 3. The van der Waals surface area contributed by atoms with E-state index in [2.05, 4.69) is 10.7 Å². The molecule has 2 heterocycles. The van der Waals surface area contributed by atoms with Crippen LogP contribution in [0, 0.1) is 0 Å². The number of hydrogen-bond donors (Lipinski definition) is 3. The average molecular weight is 631 g/mol. The Labute approximate surface area is 256 Å². The molecule has 3 N–H and O–H groups in total. The molecule has 12 nitrogen and oxygen atoms in total. The number of hydrogen-bond acceptors (Lipinski definition) is 6. The number of Topliss-reactive ketones (excluding diaryl/α,β-unsaturated/α-hetero) is 1. The molecule has 5 amide bonds. The first-order valence-corrected chi connectivity index (χ1v) is 16.0. The van der Waals surface area contributed by atoms with Crippen LogP contribution in [0.1, 0.15) is 41.6 Å². The second kappa shape index (κ2) is 14.4. The van der Waals surface area contributed by atoms with Crippen molar-refractivity contribution in [3.05, 3.63) is 70.7 Å². The number of fused-ring (bicyclic) bond motifs is 1. The van der Waals surface area contributed by atoms with Gasteiger partial charge in [0.15, 0.2) is 5.75 Å². The van der Waals surface area contributed by atoms with Gasteiger partial charge in [0, 0.05) is 29.1 Å². The Kier molecular flexibility index (Phi) is 10.6. The van der Waals surface area contributed by atoms with Gasteiger partial charge in [0.25, 0.3) is 5.91 Å².